The van der Waals surface area contributed by atoms with E-state index in [1.165, 1.54) is 6.08 Å². The Kier molecular flexibility index (Phi) is 7.14. The molecule has 2 rings (SSSR count). The van der Waals surface area contributed by atoms with Gasteiger partial charge in [0.25, 0.3) is 0 Å². The zero-order valence-corrected chi connectivity index (χ0v) is 12.6. The summed E-state index contributed by atoms with van der Waals surface area (Å²) in [6.45, 7) is 3.85. The van der Waals surface area contributed by atoms with Crippen molar-refractivity contribution in [1.29, 1.82) is 5.26 Å². The minimum atomic E-state index is -0.426. The lowest BCUT2D eigenvalue weighted by Gasteiger charge is -2.06. The van der Waals surface area contributed by atoms with Gasteiger partial charge < -0.3 is 10.1 Å². The van der Waals surface area contributed by atoms with Crippen LogP contribution in [0.5, 0.6) is 0 Å². The van der Waals surface area contributed by atoms with Crippen LogP contribution in [-0.2, 0) is 14.3 Å². The molecule has 22 heavy (non-hydrogen) atoms. The highest BCUT2D eigenvalue weighted by Gasteiger charge is 2.27. The molecule has 1 heterocycles. The molecule has 1 aliphatic rings. The normalized spacial score (nSPS) is 13.2. The summed E-state index contributed by atoms with van der Waals surface area (Å²) in [5.74, 6) is -0.600. The third-order valence-electron chi connectivity index (χ3n) is 2.73. The molecule has 0 saturated heterocycles. The van der Waals surface area contributed by atoms with E-state index in [2.05, 4.69) is 5.32 Å². The van der Waals surface area contributed by atoms with Gasteiger partial charge in [0, 0.05) is 6.08 Å². The maximum absolute atomic E-state index is 11.7. The predicted molar refractivity (Wildman–Crippen MR) is 83.2 cm³/mol. The van der Waals surface area contributed by atoms with E-state index < -0.39 is 5.97 Å². The molecule has 0 fully saturated rings. The van der Waals surface area contributed by atoms with Crippen LogP contribution in [0.3, 0.4) is 0 Å². The lowest BCUT2D eigenvalue weighted by atomic mass is 10.1. The van der Waals surface area contributed by atoms with Crippen LogP contribution in [-0.4, -0.2) is 18.5 Å². The number of allylic oxidation sites excluding steroid dienone is 2. The van der Waals surface area contributed by atoms with E-state index in [4.69, 9.17) is 10.00 Å². The molecule has 1 aromatic rings. The van der Waals surface area contributed by atoms with Crippen molar-refractivity contribution in [2.45, 2.75) is 20.3 Å². The number of ether oxygens (including phenoxy) is 1. The fourth-order valence-electron chi connectivity index (χ4n) is 1.83. The lowest BCUT2D eigenvalue weighted by molar-refractivity contribution is -0.139. The van der Waals surface area contributed by atoms with Crippen molar-refractivity contribution in [1.82, 2.24) is 5.32 Å². The van der Waals surface area contributed by atoms with E-state index in [1.807, 2.05) is 43.3 Å². The molecule has 0 bridgehead atoms. The summed E-state index contributed by atoms with van der Waals surface area (Å²) < 4.78 is 4.94. The van der Waals surface area contributed by atoms with Gasteiger partial charge in [0.15, 0.2) is 0 Å². The van der Waals surface area contributed by atoms with Crippen molar-refractivity contribution >= 4 is 17.6 Å². The number of amides is 1. The van der Waals surface area contributed by atoms with E-state index in [0.717, 1.165) is 5.56 Å². The number of benzene rings is 1. The van der Waals surface area contributed by atoms with E-state index >= 15 is 0 Å². The van der Waals surface area contributed by atoms with E-state index in [9.17, 15) is 9.59 Å². The van der Waals surface area contributed by atoms with Gasteiger partial charge in [-0.3, -0.25) is 4.79 Å². The number of carbonyl (C=O) groups is 2. The summed E-state index contributed by atoms with van der Waals surface area (Å²) in [4.78, 5) is 23.1. The van der Waals surface area contributed by atoms with Crippen LogP contribution in [0.2, 0.25) is 0 Å². The molecule has 0 spiro atoms. The van der Waals surface area contributed by atoms with Crippen LogP contribution in [0.25, 0.3) is 5.70 Å². The smallest absolute Gasteiger partial charge is 0.336 e. The summed E-state index contributed by atoms with van der Waals surface area (Å²) in [6.07, 6.45) is 3.21. The molecule has 0 atom stereocenters. The number of esters is 1. The van der Waals surface area contributed by atoms with Gasteiger partial charge in [-0.2, -0.15) is 5.26 Å². The number of carbonyl (C=O) groups excluding carboxylic acids is 2. The van der Waals surface area contributed by atoms with Crippen molar-refractivity contribution in [3.8, 4) is 6.07 Å². The largest absolute Gasteiger partial charge is 0.463 e. The van der Waals surface area contributed by atoms with Gasteiger partial charge >= 0.3 is 5.97 Å². The summed E-state index contributed by atoms with van der Waals surface area (Å²) in [6, 6.07) is 11.1. The first-order valence-electron chi connectivity index (χ1n) is 6.90. The first-order valence-corrected chi connectivity index (χ1v) is 6.90. The SMILES string of the molecule is C/C=C/C#N.CCOC(=O)C1=C(c2ccccc2)NC(=O)C1. The van der Waals surface area contributed by atoms with Crippen LogP contribution in [0.4, 0.5) is 0 Å². The zero-order chi connectivity index (χ0) is 16.4. The molecule has 0 unspecified atom stereocenters. The number of hydrogen-bond acceptors (Lipinski definition) is 4. The minimum absolute atomic E-state index is 0.0864. The van der Waals surface area contributed by atoms with Gasteiger partial charge in [-0.25, -0.2) is 4.79 Å². The van der Waals surface area contributed by atoms with Crippen LogP contribution in [0, 0.1) is 11.3 Å². The third kappa shape index (κ3) is 4.91. The summed E-state index contributed by atoms with van der Waals surface area (Å²) in [5, 5.41) is 10.4. The lowest BCUT2D eigenvalue weighted by Crippen LogP contribution is -2.13. The quantitative estimate of drug-likeness (QED) is 0.687. The Labute approximate surface area is 129 Å². The van der Waals surface area contributed by atoms with Crippen molar-refractivity contribution < 1.29 is 14.3 Å². The Hall–Kier alpha value is -2.87. The van der Waals surface area contributed by atoms with Gasteiger partial charge in [0.2, 0.25) is 5.91 Å². The standard InChI is InChI=1S/C13H13NO3.C4H5N/c1-2-17-13(16)10-8-11(15)14-12(10)9-6-4-3-5-7-9;1-2-3-4-5/h3-7H,2,8H2,1H3,(H,14,15);2-3H,1H3/b;3-2+. The first-order chi connectivity index (χ1) is 10.6. The molecule has 114 valence electrons. The average Bonchev–Trinajstić information content (AvgIpc) is 2.92. The van der Waals surface area contributed by atoms with E-state index in [0.29, 0.717) is 17.9 Å². The molecular weight excluding hydrogens is 280 g/mol. The summed E-state index contributed by atoms with van der Waals surface area (Å²) >= 11 is 0. The monoisotopic (exact) mass is 298 g/mol. The maximum atomic E-state index is 11.7. The Morgan fingerprint density at radius 1 is 1.41 bits per heavy atom. The molecule has 0 radical (unpaired) electrons. The number of rotatable bonds is 3. The Morgan fingerprint density at radius 3 is 2.59 bits per heavy atom. The van der Waals surface area contributed by atoms with Crippen LogP contribution in [0.15, 0.2) is 48.1 Å². The molecule has 0 aromatic heterocycles. The zero-order valence-electron chi connectivity index (χ0n) is 12.6. The Balaban J connectivity index is 0.000000422. The molecular formula is C17H18N2O3. The van der Waals surface area contributed by atoms with Crippen molar-refractivity contribution in [3.63, 3.8) is 0 Å². The molecule has 5 nitrogen and oxygen atoms in total. The molecule has 1 aliphatic heterocycles. The summed E-state index contributed by atoms with van der Waals surface area (Å²) in [5.41, 5.74) is 1.79. The third-order valence-corrected chi connectivity index (χ3v) is 2.73. The fraction of sp³-hybridized carbons (Fsp3) is 0.235. The molecule has 0 aliphatic carbocycles. The van der Waals surface area contributed by atoms with Gasteiger partial charge in [0.1, 0.15) is 0 Å². The molecule has 1 amide bonds. The predicted octanol–water partition coefficient (Wildman–Crippen LogP) is 2.57. The number of nitriles is 1. The van der Waals surface area contributed by atoms with E-state index in [1.54, 1.807) is 13.0 Å². The molecule has 5 heteroatoms. The van der Waals surface area contributed by atoms with Crippen LogP contribution >= 0.6 is 0 Å². The topological polar surface area (TPSA) is 79.2 Å². The highest BCUT2D eigenvalue weighted by atomic mass is 16.5. The number of nitrogens with one attached hydrogen (secondary N) is 1. The molecule has 1 N–H and O–H groups in total. The second-order valence-electron chi connectivity index (χ2n) is 4.29. The number of nitrogens with zero attached hydrogens (tertiary/aromatic N) is 1. The minimum Gasteiger partial charge on any atom is -0.463 e. The molecule has 0 saturated carbocycles. The van der Waals surface area contributed by atoms with E-state index in [-0.39, 0.29) is 12.3 Å². The van der Waals surface area contributed by atoms with Crippen molar-refractivity contribution in [3.05, 3.63) is 53.6 Å². The Bertz CT molecular complexity index is 625. The summed E-state index contributed by atoms with van der Waals surface area (Å²) in [7, 11) is 0. The van der Waals surface area contributed by atoms with Crippen molar-refractivity contribution in [2.24, 2.45) is 0 Å². The van der Waals surface area contributed by atoms with Crippen LogP contribution < -0.4 is 5.32 Å². The first kappa shape index (κ1) is 17.2. The van der Waals surface area contributed by atoms with Crippen LogP contribution in [0.1, 0.15) is 25.8 Å². The second kappa shape index (κ2) is 9.14. The highest BCUT2D eigenvalue weighted by Crippen LogP contribution is 2.24. The van der Waals surface area contributed by atoms with Crippen molar-refractivity contribution in [2.75, 3.05) is 6.61 Å². The number of hydrogen-bond donors (Lipinski definition) is 1. The Morgan fingerprint density at radius 2 is 2.09 bits per heavy atom. The maximum Gasteiger partial charge on any atom is 0.336 e. The van der Waals surface area contributed by atoms with Gasteiger partial charge in [-0.15, -0.1) is 0 Å². The average molecular weight is 298 g/mol. The molecule has 1 aromatic carbocycles. The fourth-order valence-corrected chi connectivity index (χ4v) is 1.83. The van der Waals surface area contributed by atoms with Gasteiger partial charge in [-0.1, -0.05) is 36.4 Å². The highest BCUT2D eigenvalue weighted by molar-refractivity contribution is 6.09. The van der Waals surface area contributed by atoms with Gasteiger partial charge in [0.05, 0.1) is 30.4 Å². The second-order valence-corrected chi connectivity index (χ2v) is 4.29. The van der Waals surface area contributed by atoms with Gasteiger partial charge in [-0.05, 0) is 19.4 Å².